The van der Waals surface area contributed by atoms with E-state index in [1.165, 1.54) is 11.1 Å². The molecule has 1 aromatic carbocycles. The molecule has 0 amide bonds. The van der Waals surface area contributed by atoms with Gasteiger partial charge in [-0.3, -0.25) is 0 Å². The highest BCUT2D eigenvalue weighted by Gasteiger charge is 2.18. The lowest BCUT2D eigenvalue weighted by molar-refractivity contribution is -0.0802. The molecule has 0 N–H and O–H groups in total. The van der Waals surface area contributed by atoms with Crippen molar-refractivity contribution in [2.75, 3.05) is 6.79 Å². The van der Waals surface area contributed by atoms with E-state index >= 15 is 0 Å². The van der Waals surface area contributed by atoms with Gasteiger partial charge in [-0.15, -0.1) is 0 Å². The van der Waals surface area contributed by atoms with Gasteiger partial charge in [-0.05, 0) is 18.5 Å². The summed E-state index contributed by atoms with van der Waals surface area (Å²) in [6.45, 7) is 14.1. The quantitative estimate of drug-likeness (QED) is 0.302. The fraction of sp³-hybridized carbons (Fsp3) is 0.500. The molecule has 2 nitrogen and oxygen atoms in total. The molecule has 3 heteroatoms. The van der Waals surface area contributed by atoms with E-state index < -0.39 is 8.07 Å². The summed E-state index contributed by atoms with van der Waals surface area (Å²) < 4.78 is 11.2. The average Bonchev–Trinajstić information content (AvgIpc) is 2.33. The van der Waals surface area contributed by atoms with Gasteiger partial charge in [0.05, 0.1) is 12.7 Å². The van der Waals surface area contributed by atoms with Crippen LogP contribution < -0.4 is 0 Å². The molecule has 0 aromatic heterocycles. The second-order valence-corrected chi connectivity index (χ2v) is 11.6. The Kier molecular flexibility index (Phi) is 6.49. The Morgan fingerprint density at radius 1 is 1.21 bits per heavy atom. The summed E-state index contributed by atoms with van der Waals surface area (Å²) in [7, 11) is -1.10. The Morgan fingerprint density at radius 2 is 1.84 bits per heavy atom. The van der Waals surface area contributed by atoms with Crippen LogP contribution in [0.25, 0.3) is 0 Å². The van der Waals surface area contributed by atoms with Crippen LogP contribution in [-0.2, 0) is 16.1 Å². The number of hydrogen-bond donors (Lipinski definition) is 0. The molecule has 0 bridgehead atoms. The van der Waals surface area contributed by atoms with Crippen molar-refractivity contribution in [3.05, 3.63) is 48.0 Å². The Morgan fingerprint density at radius 3 is 2.42 bits per heavy atom. The zero-order chi connectivity index (χ0) is 14.3. The van der Waals surface area contributed by atoms with Gasteiger partial charge in [0, 0.05) is 8.07 Å². The molecule has 0 unspecified atom stereocenters. The van der Waals surface area contributed by atoms with E-state index in [0.29, 0.717) is 13.4 Å². The highest BCUT2D eigenvalue weighted by Crippen LogP contribution is 2.19. The zero-order valence-electron chi connectivity index (χ0n) is 12.6. The van der Waals surface area contributed by atoms with Gasteiger partial charge in [-0.2, -0.15) is 0 Å². The highest BCUT2D eigenvalue weighted by atomic mass is 28.3. The first-order valence-electron chi connectivity index (χ1n) is 6.79. The minimum atomic E-state index is -1.10. The van der Waals surface area contributed by atoms with Crippen LogP contribution in [0, 0.1) is 0 Å². The third-order valence-electron chi connectivity index (χ3n) is 2.85. The maximum Gasteiger partial charge on any atom is 0.147 e. The normalized spacial score (nSPS) is 13.3. The van der Waals surface area contributed by atoms with E-state index in [2.05, 4.69) is 26.2 Å². The molecule has 0 radical (unpaired) electrons. The average molecular weight is 278 g/mol. The fourth-order valence-corrected chi connectivity index (χ4v) is 3.48. The van der Waals surface area contributed by atoms with E-state index in [4.69, 9.17) is 9.47 Å². The molecule has 0 fully saturated rings. The molecule has 0 aliphatic heterocycles. The molecule has 19 heavy (non-hydrogen) atoms. The molecule has 1 atom stereocenters. The van der Waals surface area contributed by atoms with Crippen LogP contribution in [0.15, 0.2) is 42.5 Å². The van der Waals surface area contributed by atoms with Crippen molar-refractivity contribution >= 4 is 8.07 Å². The van der Waals surface area contributed by atoms with Gasteiger partial charge in [-0.1, -0.05) is 62.1 Å². The third kappa shape index (κ3) is 7.30. The molecule has 0 heterocycles. The van der Waals surface area contributed by atoms with Gasteiger partial charge in [0.2, 0.25) is 0 Å². The van der Waals surface area contributed by atoms with E-state index in [1.54, 1.807) is 0 Å². The summed E-state index contributed by atoms with van der Waals surface area (Å²) in [5, 5.41) is 0. The van der Waals surface area contributed by atoms with Crippen LogP contribution in [0.5, 0.6) is 0 Å². The Bertz CT molecular complexity index is 381. The lowest BCUT2D eigenvalue weighted by Gasteiger charge is -2.22. The van der Waals surface area contributed by atoms with Crippen molar-refractivity contribution in [2.24, 2.45) is 0 Å². The lowest BCUT2D eigenvalue weighted by Crippen LogP contribution is -2.24. The first kappa shape index (κ1) is 16.2. The summed E-state index contributed by atoms with van der Waals surface area (Å²) in [4.78, 5) is 0. The van der Waals surface area contributed by atoms with Crippen LogP contribution in [0.2, 0.25) is 25.7 Å². The predicted octanol–water partition coefficient (Wildman–Crippen LogP) is 4.46. The van der Waals surface area contributed by atoms with Crippen molar-refractivity contribution in [1.29, 1.82) is 0 Å². The van der Waals surface area contributed by atoms with Crippen molar-refractivity contribution < 1.29 is 9.47 Å². The van der Waals surface area contributed by atoms with E-state index in [0.717, 1.165) is 6.04 Å². The molecular formula is C16H26O2Si. The van der Waals surface area contributed by atoms with Crippen LogP contribution in [-0.4, -0.2) is 21.0 Å². The van der Waals surface area contributed by atoms with Crippen LogP contribution in [0.3, 0.4) is 0 Å². The SMILES string of the molecule is C=C(C[Si](C)(C)C)[C@H](C)OCOCc1ccccc1. The van der Waals surface area contributed by atoms with Crippen LogP contribution in [0.4, 0.5) is 0 Å². The second-order valence-electron chi connectivity index (χ2n) is 6.16. The van der Waals surface area contributed by atoms with Crippen LogP contribution >= 0.6 is 0 Å². The third-order valence-corrected chi connectivity index (χ3v) is 4.36. The maximum absolute atomic E-state index is 5.67. The number of hydrogen-bond acceptors (Lipinski definition) is 2. The number of rotatable bonds is 8. The van der Waals surface area contributed by atoms with Gasteiger partial charge < -0.3 is 9.47 Å². The van der Waals surface area contributed by atoms with Crippen molar-refractivity contribution in [3.63, 3.8) is 0 Å². The lowest BCUT2D eigenvalue weighted by atomic mass is 10.2. The van der Waals surface area contributed by atoms with E-state index in [9.17, 15) is 0 Å². The molecule has 0 spiro atoms. The molecule has 1 aromatic rings. The van der Waals surface area contributed by atoms with Crippen molar-refractivity contribution in [1.82, 2.24) is 0 Å². The smallest absolute Gasteiger partial charge is 0.147 e. The summed E-state index contributed by atoms with van der Waals surface area (Å²) in [6.07, 6.45) is 0.0718. The van der Waals surface area contributed by atoms with Gasteiger partial charge in [0.25, 0.3) is 0 Å². The van der Waals surface area contributed by atoms with Gasteiger partial charge >= 0.3 is 0 Å². The van der Waals surface area contributed by atoms with Crippen molar-refractivity contribution in [2.45, 2.75) is 45.3 Å². The number of ether oxygens (including phenoxy) is 2. The fourth-order valence-electron chi connectivity index (χ4n) is 1.83. The van der Waals surface area contributed by atoms with Crippen molar-refractivity contribution in [3.8, 4) is 0 Å². The van der Waals surface area contributed by atoms with Crippen LogP contribution in [0.1, 0.15) is 12.5 Å². The molecular weight excluding hydrogens is 252 g/mol. The van der Waals surface area contributed by atoms with Gasteiger partial charge in [0.1, 0.15) is 6.79 Å². The van der Waals surface area contributed by atoms with E-state index in [-0.39, 0.29) is 6.10 Å². The molecule has 106 valence electrons. The summed E-state index contributed by atoms with van der Waals surface area (Å²) >= 11 is 0. The zero-order valence-corrected chi connectivity index (χ0v) is 13.6. The number of benzene rings is 1. The molecule has 0 aliphatic carbocycles. The Hall–Kier alpha value is -0.903. The molecule has 0 saturated heterocycles. The molecule has 1 rings (SSSR count). The summed E-state index contributed by atoms with van der Waals surface area (Å²) in [5.74, 6) is 0. The summed E-state index contributed by atoms with van der Waals surface area (Å²) in [6, 6.07) is 11.2. The van der Waals surface area contributed by atoms with Gasteiger partial charge in [-0.25, -0.2) is 0 Å². The highest BCUT2D eigenvalue weighted by molar-refractivity contribution is 6.76. The maximum atomic E-state index is 5.67. The first-order chi connectivity index (χ1) is 8.88. The second kappa shape index (κ2) is 7.63. The molecule has 0 aliphatic rings. The van der Waals surface area contributed by atoms with E-state index in [1.807, 2.05) is 37.3 Å². The predicted molar refractivity (Wildman–Crippen MR) is 83.9 cm³/mol. The Labute approximate surface area is 118 Å². The largest absolute Gasteiger partial charge is 0.351 e. The molecule has 0 saturated carbocycles. The standard InChI is InChI=1S/C16H26O2Si/c1-14(12-19(3,4)5)15(2)18-13-17-11-16-9-7-6-8-10-16/h6-10,15H,1,11-13H2,2-5H3/t15-/m0/s1. The van der Waals surface area contributed by atoms with Gasteiger partial charge in [0.15, 0.2) is 0 Å². The monoisotopic (exact) mass is 278 g/mol. The summed E-state index contributed by atoms with van der Waals surface area (Å²) in [5.41, 5.74) is 2.35. The first-order valence-corrected chi connectivity index (χ1v) is 10.5. The minimum Gasteiger partial charge on any atom is -0.351 e. The minimum absolute atomic E-state index is 0.0718. The topological polar surface area (TPSA) is 18.5 Å². The Balaban J connectivity index is 2.20.